The second-order valence-corrected chi connectivity index (χ2v) is 5.41. The van der Waals surface area contributed by atoms with Crippen LogP contribution in [0.25, 0.3) is 0 Å². The van der Waals surface area contributed by atoms with Crippen LogP contribution in [0.15, 0.2) is 24.3 Å². The summed E-state index contributed by atoms with van der Waals surface area (Å²) in [6, 6.07) is 7.60. The largest absolute Gasteiger partial charge is 0.359 e. The van der Waals surface area contributed by atoms with Crippen LogP contribution >= 0.6 is 11.6 Å². The number of carbonyl (C=O) groups is 1. The minimum absolute atomic E-state index is 0.119. The molecule has 0 bridgehead atoms. The third kappa shape index (κ3) is 3.03. The van der Waals surface area contributed by atoms with Gasteiger partial charge in [-0.05, 0) is 23.6 Å². The summed E-state index contributed by atoms with van der Waals surface area (Å²) < 4.78 is 5.39. The van der Waals surface area contributed by atoms with Crippen LogP contribution in [0.3, 0.4) is 0 Å². The molecule has 0 unspecified atom stereocenters. The molecular weight excluding hydrogens is 250 g/mol. The van der Waals surface area contributed by atoms with Gasteiger partial charge in [-0.2, -0.15) is 0 Å². The normalized spacial score (nSPS) is 19.6. The summed E-state index contributed by atoms with van der Waals surface area (Å²) in [6.07, 6.45) is 0.406. The predicted molar refractivity (Wildman–Crippen MR) is 71.4 cm³/mol. The summed E-state index contributed by atoms with van der Waals surface area (Å²) in [5.41, 5.74) is 0.985. The fourth-order valence-electron chi connectivity index (χ4n) is 2.15. The van der Waals surface area contributed by atoms with E-state index in [1.165, 1.54) is 0 Å². The molecule has 1 aliphatic heterocycles. The first-order valence-electron chi connectivity index (χ1n) is 6.19. The summed E-state index contributed by atoms with van der Waals surface area (Å²) in [6.45, 7) is 5.28. The van der Waals surface area contributed by atoms with E-state index in [1.807, 2.05) is 29.2 Å². The Hall–Kier alpha value is -1.06. The average molecular weight is 268 g/mol. The lowest BCUT2D eigenvalue weighted by Gasteiger charge is -2.25. The van der Waals surface area contributed by atoms with Gasteiger partial charge in [0.15, 0.2) is 0 Å². The molecule has 1 aromatic carbocycles. The van der Waals surface area contributed by atoms with Crippen molar-refractivity contribution in [1.82, 2.24) is 4.90 Å². The standard InChI is InChI=1S/C14H18ClNO2/c1-10(2)13-8-18-9-16(13)14(17)7-11-3-5-12(15)6-4-11/h3-6,10,13H,7-9H2,1-2H3/t13-/m1/s1. The summed E-state index contributed by atoms with van der Waals surface area (Å²) in [5, 5.41) is 0.691. The number of halogens is 1. The number of ether oxygens (including phenoxy) is 1. The summed E-state index contributed by atoms with van der Waals surface area (Å²) in [5.74, 6) is 0.537. The Morgan fingerprint density at radius 3 is 2.72 bits per heavy atom. The lowest BCUT2D eigenvalue weighted by atomic mass is 10.0. The van der Waals surface area contributed by atoms with E-state index in [4.69, 9.17) is 16.3 Å². The molecule has 1 amide bonds. The molecule has 1 atom stereocenters. The predicted octanol–water partition coefficient (Wildman–Crippen LogP) is 2.72. The molecule has 4 heteroatoms. The summed E-state index contributed by atoms with van der Waals surface area (Å²) in [7, 11) is 0. The van der Waals surface area contributed by atoms with Crippen molar-refractivity contribution in [3.63, 3.8) is 0 Å². The van der Waals surface area contributed by atoms with E-state index in [0.29, 0.717) is 30.7 Å². The minimum Gasteiger partial charge on any atom is -0.359 e. The van der Waals surface area contributed by atoms with Crippen molar-refractivity contribution in [3.05, 3.63) is 34.9 Å². The Morgan fingerprint density at radius 1 is 1.44 bits per heavy atom. The van der Waals surface area contributed by atoms with Gasteiger partial charge in [-0.15, -0.1) is 0 Å². The zero-order chi connectivity index (χ0) is 13.1. The molecule has 1 fully saturated rings. The van der Waals surface area contributed by atoms with Gasteiger partial charge in [0.25, 0.3) is 0 Å². The first kappa shape index (κ1) is 13.4. The van der Waals surface area contributed by atoms with E-state index >= 15 is 0 Å². The smallest absolute Gasteiger partial charge is 0.229 e. The summed E-state index contributed by atoms with van der Waals surface area (Å²) in [4.78, 5) is 14.1. The van der Waals surface area contributed by atoms with Crippen molar-refractivity contribution >= 4 is 17.5 Å². The van der Waals surface area contributed by atoms with E-state index in [9.17, 15) is 4.79 Å². The number of amides is 1. The molecule has 0 aromatic heterocycles. The van der Waals surface area contributed by atoms with Crippen LogP contribution < -0.4 is 0 Å². The SMILES string of the molecule is CC(C)[C@H]1COCN1C(=O)Cc1ccc(Cl)cc1. The van der Waals surface area contributed by atoms with Crippen LogP contribution in [0, 0.1) is 5.92 Å². The van der Waals surface area contributed by atoms with Crippen LogP contribution in [-0.2, 0) is 16.0 Å². The highest BCUT2D eigenvalue weighted by Crippen LogP contribution is 2.19. The zero-order valence-electron chi connectivity index (χ0n) is 10.7. The topological polar surface area (TPSA) is 29.5 Å². The molecule has 2 rings (SSSR count). The van der Waals surface area contributed by atoms with E-state index in [1.54, 1.807) is 0 Å². The fraction of sp³-hybridized carbons (Fsp3) is 0.500. The Labute approximate surface area is 113 Å². The fourth-order valence-corrected chi connectivity index (χ4v) is 2.27. The number of nitrogens with zero attached hydrogens (tertiary/aromatic N) is 1. The van der Waals surface area contributed by atoms with Gasteiger partial charge in [-0.25, -0.2) is 0 Å². The Kier molecular flexibility index (Phi) is 4.25. The van der Waals surface area contributed by atoms with Gasteiger partial charge < -0.3 is 9.64 Å². The maximum absolute atomic E-state index is 12.2. The number of hydrogen-bond donors (Lipinski definition) is 0. The minimum atomic E-state index is 0.119. The highest BCUT2D eigenvalue weighted by molar-refractivity contribution is 6.30. The van der Waals surface area contributed by atoms with Crippen LogP contribution in [0.1, 0.15) is 19.4 Å². The maximum Gasteiger partial charge on any atom is 0.229 e. The maximum atomic E-state index is 12.2. The number of carbonyl (C=O) groups excluding carboxylic acids is 1. The molecule has 0 aliphatic carbocycles. The van der Waals surface area contributed by atoms with Crippen LogP contribution in [0.2, 0.25) is 5.02 Å². The Balaban J connectivity index is 2.01. The third-order valence-corrected chi connectivity index (χ3v) is 3.53. The highest BCUT2D eigenvalue weighted by Gasteiger charge is 2.31. The number of benzene rings is 1. The quantitative estimate of drug-likeness (QED) is 0.843. The molecule has 0 saturated carbocycles. The van der Waals surface area contributed by atoms with Gasteiger partial charge in [0.05, 0.1) is 19.1 Å². The van der Waals surface area contributed by atoms with Crippen molar-refractivity contribution in [3.8, 4) is 0 Å². The van der Waals surface area contributed by atoms with Gasteiger partial charge >= 0.3 is 0 Å². The van der Waals surface area contributed by atoms with Gasteiger partial charge in [-0.3, -0.25) is 4.79 Å². The second kappa shape index (κ2) is 5.72. The molecule has 98 valence electrons. The number of rotatable bonds is 3. The van der Waals surface area contributed by atoms with Gasteiger partial charge in [0.2, 0.25) is 5.91 Å². The second-order valence-electron chi connectivity index (χ2n) is 4.98. The van der Waals surface area contributed by atoms with Crippen molar-refractivity contribution in [2.24, 2.45) is 5.92 Å². The van der Waals surface area contributed by atoms with E-state index in [2.05, 4.69) is 13.8 Å². The third-order valence-electron chi connectivity index (χ3n) is 3.28. The molecule has 0 radical (unpaired) electrons. The lowest BCUT2D eigenvalue weighted by molar-refractivity contribution is -0.133. The molecular formula is C14H18ClNO2. The van der Waals surface area contributed by atoms with Crippen molar-refractivity contribution < 1.29 is 9.53 Å². The van der Waals surface area contributed by atoms with Crippen molar-refractivity contribution in [2.45, 2.75) is 26.3 Å². The molecule has 0 N–H and O–H groups in total. The molecule has 1 aliphatic rings. The first-order chi connectivity index (χ1) is 8.58. The van der Waals surface area contributed by atoms with Crippen molar-refractivity contribution in [2.75, 3.05) is 13.3 Å². The van der Waals surface area contributed by atoms with Gasteiger partial charge in [0, 0.05) is 5.02 Å². The van der Waals surface area contributed by atoms with E-state index in [-0.39, 0.29) is 11.9 Å². The van der Waals surface area contributed by atoms with Crippen LogP contribution in [0.5, 0.6) is 0 Å². The van der Waals surface area contributed by atoms with Gasteiger partial charge in [-0.1, -0.05) is 37.6 Å². The molecule has 1 saturated heterocycles. The molecule has 3 nitrogen and oxygen atoms in total. The van der Waals surface area contributed by atoms with Crippen molar-refractivity contribution in [1.29, 1.82) is 0 Å². The lowest BCUT2D eigenvalue weighted by Crippen LogP contribution is -2.40. The Morgan fingerprint density at radius 2 is 2.11 bits per heavy atom. The molecule has 1 aromatic rings. The van der Waals surface area contributed by atoms with E-state index < -0.39 is 0 Å². The zero-order valence-corrected chi connectivity index (χ0v) is 11.5. The van der Waals surface area contributed by atoms with Gasteiger partial charge in [0.1, 0.15) is 6.73 Å². The first-order valence-corrected chi connectivity index (χ1v) is 6.57. The Bertz CT molecular complexity index is 416. The van der Waals surface area contributed by atoms with Crippen LogP contribution in [-0.4, -0.2) is 30.2 Å². The monoisotopic (exact) mass is 267 g/mol. The van der Waals surface area contributed by atoms with Crippen LogP contribution in [0.4, 0.5) is 0 Å². The summed E-state index contributed by atoms with van der Waals surface area (Å²) >= 11 is 5.82. The molecule has 18 heavy (non-hydrogen) atoms. The van der Waals surface area contributed by atoms with E-state index in [0.717, 1.165) is 5.56 Å². The number of hydrogen-bond acceptors (Lipinski definition) is 2. The average Bonchev–Trinajstić information content (AvgIpc) is 2.81. The highest BCUT2D eigenvalue weighted by atomic mass is 35.5. The molecule has 1 heterocycles. The molecule has 0 spiro atoms.